The maximum absolute atomic E-state index is 13.3. The van der Waals surface area contributed by atoms with Crippen LogP contribution in [0.4, 0.5) is 10.2 Å². The highest BCUT2D eigenvalue weighted by molar-refractivity contribution is 8.00. The summed E-state index contributed by atoms with van der Waals surface area (Å²) in [7, 11) is 0. The molecule has 1 aliphatic heterocycles. The number of rotatable bonds is 2. The molecule has 112 valence electrons. The number of hydrogen-bond acceptors (Lipinski definition) is 6. The van der Waals surface area contributed by atoms with Crippen LogP contribution in [0.1, 0.15) is 11.1 Å². The summed E-state index contributed by atoms with van der Waals surface area (Å²) in [6, 6.07) is 5.03. The monoisotopic (exact) mass is 332 g/mol. The molecule has 0 spiro atoms. The van der Waals surface area contributed by atoms with Crippen molar-refractivity contribution in [3.63, 3.8) is 0 Å². The van der Waals surface area contributed by atoms with Gasteiger partial charge in [0, 0.05) is 13.1 Å². The maximum Gasteiger partial charge on any atom is 0.176 e. The van der Waals surface area contributed by atoms with Gasteiger partial charge in [-0.3, -0.25) is 0 Å². The molecule has 0 atom stereocenters. The number of anilines is 1. The third-order valence-electron chi connectivity index (χ3n) is 3.81. The summed E-state index contributed by atoms with van der Waals surface area (Å²) in [5.41, 5.74) is 3.01. The van der Waals surface area contributed by atoms with Gasteiger partial charge in [0.2, 0.25) is 0 Å². The topological polar surface area (TPSA) is 41.9 Å². The van der Waals surface area contributed by atoms with E-state index in [1.807, 2.05) is 12.3 Å². The first-order valence-corrected chi connectivity index (χ1v) is 8.96. The van der Waals surface area contributed by atoms with Crippen molar-refractivity contribution >= 4 is 39.3 Å². The predicted molar refractivity (Wildman–Crippen MR) is 88.1 cm³/mol. The highest BCUT2D eigenvalue weighted by Crippen LogP contribution is 2.34. The molecular weight excluding hydrogens is 319 g/mol. The van der Waals surface area contributed by atoms with Crippen molar-refractivity contribution in [2.24, 2.45) is 0 Å². The van der Waals surface area contributed by atoms with E-state index in [-0.39, 0.29) is 5.82 Å². The number of fused-ring (bicyclic) bond motifs is 2. The Hall–Kier alpha value is -1.73. The lowest BCUT2D eigenvalue weighted by Gasteiger charge is -2.29. The van der Waals surface area contributed by atoms with Gasteiger partial charge >= 0.3 is 0 Å². The van der Waals surface area contributed by atoms with Crippen molar-refractivity contribution in [2.45, 2.75) is 17.3 Å². The smallest absolute Gasteiger partial charge is 0.176 e. The van der Waals surface area contributed by atoms with Crippen LogP contribution in [0.3, 0.4) is 0 Å². The van der Waals surface area contributed by atoms with E-state index in [0.717, 1.165) is 51.1 Å². The molecule has 4 rings (SSSR count). The van der Waals surface area contributed by atoms with Gasteiger partial charge in [0.1, 0.15) is 16.8 Å². The Labute approximate surface area is 135 Å². The zero-order valence-corrected chi connectivity index (χ0v) is 13.5. The maximum atomic E-state index is 13.3. The van der Waals surface area contributed by atoms with Crippen molar-refractivity contribution in [1.29, 1.82) is 0 Å². The molecular formula is C15H13FN4S2. The van der Waals surface area contributed by atoms with E-state index < -0.39 is 0 Å². The molecule has 0 bridgehead atoms. The third-order valence-corrected chi connectivity index (χ3v) is 5.83. The number of aromatic nitrogens is 3. The first-order valence-electron chi connectivity index (χ1n) is 6.92. The summed E-state index contributed by atoms with van der Waals surface area (Å²) in [6.45, 7) is 1.57. The van der Waals surface area contributed by atoms with Gasteiger partial charge in [-0.2, -0.15) is 0 Å². The van der Waals surface area contributed by atoms with Crippen LogP contribution in [0.2, 0.25) is 0 Å². The number of thiazole rings is 1. The molecule has 0 saturated carbocycles. The second kappa shape index (κ2) is 5.48. The molecule has 1 aromatic carbocycles. The average Bonchev–Trinajstić information content (AvgIpc) is 2.97. The molecule has 0 N–H and O–H groups in total. The van der Waals surface area contributed by atoms with Crippen LogP contribution in [0.25, 0.3) is 10.3 Å². The average molecular weight is 332 g/mol. The molecule has 2 aromatic heterocycles. The van der Waals surface area contributed by atoms with Crippen LogP contribution in [-0.2, 0) is 13.0 Å². The van der Waals surface area contributed by atoms with Crippen molar-refractivity contribution in [3.8, 4) is 0 Å². The fourth-order valence-corrected chi connectivity index (χ4v) is 4.27. The summed E-state index contributed by atoms with van der Waals surface area (Å²) in [5, 5.41) is 0. The molecule has 0 fully saturated rings. The van der Waals surface area contributed by atoms with E-state index in [1.165, 1.54) is 6.07 Å². The minimum atomic E-state index is -0.163. The molecule has 0 amide bonds. The summed E-state index contributed by atoms with van der Waals surface area (Å²) in [6.07, 6.45) is 4.41. The van der Waals surface area contributed by atoms with Gasteiger partial charge in [-0.1, -0.05) is 17.8 Å². The van der Waals surface area contributed by atoms with Crippen LogP contribution >= 0.6 is 23.1 Å². The standard InChI is InChI=1S/C15H13FN4S2/c1-21-15-19-13-12(22-15)14(18-8-17-13)20-5-4-9-6-11(16)3-2-10(9)7-20/h2-3,6,8H,4-5,7H2,1H3. The molecule has 0 radical (unpaired) electrons. The van der Waals surface area contributed by atoms with Crippen LogP contribution in [0.5, 0.6) is 0 Å². The first kappa shape index (κ1) is 13.9. The van der Waals surface area contributed by atoms with Gasteiger partial charge < -0.3 is 4.90 Å². The molecule has 1 aliphatic rings. The van der Waals surface area contributed by atoms with Crippen LogP contribution in [0, 0.1) is 5.82 Å². The second-order valence-corrected chi connectivity index (χ2v) is 7.17. The lowest BCUT2D eigenvalue weighted by Crippen LogP contribution is -2.31. The van der Waals surface area contributed by atoms with Crippen molar-refractivity contribution in [3.05, 3.63) is 41.5 Å². The number of hydrogen-bond donors (Lipinski definition) is 0. The quantitative estimate of drug-likeness (QED) is 0.672. The van der Waals surface area contributed by atoms with E-state index in [4.69, 9.17) is 0 Å². The minimum Gasteiger partial charge on any atom is -0.351 e. The van der Waals surface area contributed by atoms with E-state index in [0.29, 0.717) is 0 Å². The highest BCUT2D eigenvalue weighted by atomic mass is 32.2. The summed E-state index contributed by atoms with van der Waals surface area (Å²) in [4.78, 5) is 15.5. The molecule has 0 saturated heterocycles. The van der Waals surface area contributed by atoms with Gasteiger partial charge in [0.05, 0.1) is 0 Å². The largest absolute Gasteiger partial charge is 0.351 e. The zero-order chi connectivity index (χ0) is 15.1. The summed E-state index contributed by atoms with van der Waals surface area (Å²) >= 11 is 3.25. The lowest BCUT2D eigenvalue weighted by molar-refractivity contribution is 0.619. The molecule has 0 unspecified atom stereocenters. The van der Waals surface area contributed by atoms with Crippen LogP contribution in [0.15, 0.2) is 28.9 Å². The second-order valence-electron chi connectivity index (χ2n) is 5.12. The summed E-state index contributed by atoms with van der Waals surface area (Å²) < 4.78 is 15.3. The molecule has 22 heavy (non-hydrogen) atoms. The Bertz CT molecular complexity index is 849. The van der Waals surface area contributed by atoms with E-state index in [1.54, 1.807) is 35.5 Å². The fourth-order valence-electron chi connectivity index (χ4n) is 2.74. The first-order chi connectivity index (χ1) is 10.7. The summed E-state index contributed by atoms with van der Waals surface area (Å²) in [5.74, 6) is 0.765. The van der Waals surface area contributed by atoms with Gasteiger partial charge in [-0.15, -0.1) is 11.3 Å². The molecule has 7 heteroatoms. The Balaban J connectivity index is 1.74. The molecule has 0 aliphatic carbocycles. The Morgan fingerprint density at radius 3 is 3.05 bits per heavy atom. The van der Waals surface area contributed by atoms with Crippen LogP contribution in [-0.4, -0.2) is 27.8 Å². The van der Waals surface area contributed by atoms with Crippen molar-refractivity contribution in [2.75, 3.05) is 17.7 Å². The van der Waals surface area contributed by atoms with Crippen molar-refractivity contribution < 1.29 is 4.39 Å². The van der Waals surface area contributed by atoms with E-state index in [2.05, 4.69) is 19.9 Å². The Morgan fingerprint density at radius 2 is 2.18 bits per heavy atom. The Morgan fingerprint density at radius 1 is 1.27 bits per heavy atom. The normalized spacial score (nSPS) is 14.4. The third kappa shape index (κ3) is 2.34. The SMILES string of the molecule is CSc1nc2ncnc(N3CCc4cc(F)ccc4C3)c2s1. The predicted octanol–water partition coefficient (Wildman–Crippen LogP) is 3.51. The van der Waals surface area contributed by atoms with Gasteiger partial charge in [-0.25, -0.2) is 19.3 Å². The number of halogens is 1. The van der Waals surface area contributed by atoms with Gasteiger partial charge in [0.15, 0.2) is 15.8 Å². The van der Waals surface area contributed by atoms with Crippen LogP contribution < -0.4 is 4.90 Å². The number of benzene rings is 1. The zero-order valence-electron chi connectivity index (χ0n) is 11.9. The Kier molecular flexibility index (Phi) is 3.46. The molecule has 3 heterocycles. The molecule has 4 nitrogen and oxygen atoms in total. The number of thioether (sulfide) groups is 1. The highest BCUT2D eigenvalue weighted by Gasteiger charge is 2.21. The lowest BCUT2D eigenvalue weighted by atomic mass is 10.00. The van der Waals surface area contributed by atoms with E-state index >= 15 is 0 Å². The fraction of sp³-hybridized carbons (Fsp3) is 0.267. The van der Waals surface area contributed by atoms with E-state index in [9.17, 15) is 4.39 Å². The number of nitrogens with zero attached hydrogens (tertiary/aromatic N) is 4. The molecule has 3 aromatic rings. The van der Waals surface area contributed by atoms with Crippen molar-refractivity contribution in [1.82, 2.24) is 15.0 Å². The van der Waals surface area contributed by atoms with Gasteiger partial charge in [-0.05, 0) is 35.9 Å². The van der Waals surface area contributed by atoms with Gasteiger partial charge in [0.25, 0.3) is 0 Å². The minimum absolute atomic E-state index is 0.163.